The van der Waals surface area contributed by atoms with Crippen molar-refractivity contribution in [3.05, 3.63) is 12.3 Å². The summed E-state index contributed by atoms with van der Waals surface area (Å²) < 4.78 is 22.9. The third-order valence-electron chi connectivity index (χ3n) is 5.86. The van der Waals surface area contributed by atoms with E-state index in [0.29, 0.717) is 6.79 Å². The molecule has 0 atom stereocenters. The van der Waals surface area contributed by atoms with Gasteiger partial charge in [0.25, 0.3) is 0 Å². The molecule has 0 N–H and O–H groups in total. The van der Waals surface area contributed by atoms with Gasteiger partial charge in [0.2, 0.25) is 0 Å². The molecular formula is C29H58O4. The van der Waals surface area contributed by atoms with Gasteiger partial charge in [-0.2, -0.15) is 0 Å². The molecule has 0 radical (unpaired) electrons. The third-order valence-corrected chi connectivity index (χ3v) is 5.86. The molecule has 0 unspecified atom stereocenters. The van der Waals surface area contributed by atoms with Crippen molar-refractivity contribution < 1.29 is 18.9 Å². The molecule has 4 nitrogen and oxygen atoms in total. The molecule has 0 saturated heterocycles. The van der Waals surface area contributed by atoms with E-state index in [-0.39, 0.29) is 6.29 Å². The first-order valence-corrected chi connectivity index (χ1v) is 14.4. The molecular weight excluding hydrogens is 412 g/mol. The highest BCUT2D eigenvalue weighted by atomic mass is 16.7. The fourth-order valence-corrected chi connectivity index (χ4v) is 3.76. The smallest absolute Gasteiger partial charge is 0.188 e. The quantitative estimate of drug-likeness (QED) is 0.0648. The zero-order valence-corrected chi connectivity index (χ0v) is 22.6. The van der Waals surface area contributed by atoms with Crippen molar-refractivity contribution in [2.24, 2.45) is 0 Å². The Morgan fingerprint density at radius 2 is 1.09 bits per heavy atom. The van der Waals surface area contributed by atoms with E-state index in [1.165, 1.54) is 77.0 Å². The van der Waals surface area contributed by atoms with E-state index in [4.69, 9.17) is 18.9 Å². The standard InChI is InChI=1S/C29H58O4/c1-4-7-9-11-13-16-21-26-32-29(33-27-22-17-14-12-10-8-5-2)23-19-15-18-20-25-31-28-30-24-6-3/h20,25,29H,4-19,21-24,26-28H2,1-3H3. The van der Waals surface area contributed by atoms with Crippen molar-refractivity contribution in [3.63, 3.8) is 0 Å². The van der Waals surface area contributed by atoms with Gasteiger partial charge in [-0.05, 0) is 51.0 Å². The van der Waals surface area contributed by atoms with Crippen LogP contribution in [0.3, 0.4) is 0 Å². The first-order valence-electron chi connectivity index (χ1n) is 14.4. The Morgan fingerprint density at radius 3 is 1.64 bits per heavy atom. The SMILES string of the molecule is CCCCCCCCCOC(CCCCC=COCOCCC)OCCCCCCCCC. The van der Waals surface area contributed by atoms with Crippen LogP contribution < -0.4 is 0 Å². The third kappa shape index (κ3) is 27.5. The van der Waals surface area contributed by atoms with Crippen molar-refractivity contribution in [1.82, 2.24) is 0 Å². The van der Waals surface area contributed by atoms with Crippen molar-refractivity contribution in [2.75, 3.05) is 26.6 Å². The van der Waals surface area contributed by atoms with E-state index >= 15 is 0 Å². The predicted octanol–water partition coefficient (Wildman–Crippen LogP) is 9.32. The summed E-state index contributed by atoms with van der Waals surface area (Å²) in [7, 11) is 0. The summed E-state index contributed by atoms with van der Waals surface area (Å²) in [6.45, 7) is 9.42. The second-order valence-electron chi connectivity index (χ2n) is 9.26. The van der Waals surface area contributed by atoms with Crippen LogP contribution in [0.1, 0.15) is 143 Å². The summed E-state index contributed by atoms with van der Waals surface area (Å²) in [5, 5.41) is 0. The molecule has 33 heavy (non-hydrogen) atoms. The summed E-state index contributed by atoms with van der Waals surface area (Å²) in [5.41, 5.74) is 0. The molecule has 4 heteroatoms. The van der Waals surface area contributed by atoms with Crippen LogP contribution in [-0.2, 0) is 18.9 Å². The predicted molar refractivity (Wildman–Crippen MR) is 141 cm³/mol. The lowest BCUT2D eigenvalue weighted by Crippen LogP contribution is -2.19. The summed E-state index contributed by atoms with van der Waals surface area (Å²) >= 11 is 0. The molecule has 0 fully saturated rings. The molecule has 0 amide bonds. The first-order chi connectivity index (χ1) is 16.3. The highest BCUT2D eigenvalue weighted by Crippen LogP contribution is 2.13. The van der Waals surface area contributed by atoms with E-state index in [0.717, 1.165) is 64.8 Å². The number of unbranched alkanes of at least 4 members (excludes halogenated alkanes) is 14. The van der Waals surface area contributed by atoms with E-state index in [1.54, 1.807) is 6.26 Å². The molecule has 0 saturated carbocycles. The Morgan fingerprint density at radius 1 is 0.545 bits per heavy atom. The van der Waals surface area contributed by atoms with Gasteiger partial charge in [0.1, 0.15) is 0 Å². The summed E-state index contributed by atoms with van der Waals surface area (Å²) in [6, 6.07) is 0. The second kappa shape index (κ2) is 29.5. The van der Waals surface area contributed by atoms with Crippen LogP contribution in [0, 0.1) is 0 Å². The largest absolute Gasteiger partial charge is 0.475 e. The topological polar surface area (TPSA) is 36.9 Å². The second-order valence-corrected chi connectivity index (χ2v) is 9.26. The van der Waals surface area contributed by atoms with Crippen molar-refractivity contribution in [2.45, 2.75) is 149 Å². The average molecular weight is 471 g/mol. The Hall–Kier alpha value is -0.580. The van der Waals surface area contributed by atoms with Crippen molar-refractivity contribution in [3.8, 4) is 0 Å². The van der Waals surface area contributed by atoms with Crippen molar-refractivity contribution >= 4 is 0 Å². The van der Waals surface area contributed by atoms with Crippen LogP contribution in [-0.4, -0.2) is 32.9 Å². The van der Waals surface area contributed by atoms with Gasteiger partial charge in [0.05, 0.1) is 12.9 Å². The van der Waals surface area contributed by atoms with Gasteiger partial charge >= 0.3 is 0 Å². The molecule has 0 aromatic carbocycles. The van der Waals surface area contributed by atoms with Gasteiger partial charge < -0.3 is 18.9 Å². The molecule has 0 spiro atoms. The van der Waals surface area contributed by atoms with E-state index in [9.17, 15) is 0 Å². The maximum atomic E-state index is 6.13. The van der Waals surface area contributed by atoms with E-state index in [1.807, 2.05) is 0 Å². The average Bonchev–Trinajstić information content (AvgIpc) is 2.83. The molecule has 0 aliphatic carbocycles. The molecule has 0 heterocycles. The molecule has 198 valence electrons. The van der Waals surface area contributed by atoms with Crippen LogP contribution >= 0.6 is 0 Å². The molecule has 0 bridgehead atoms. The van der Waals surface area contributed by atoms with Gasteiger partial charge in [0, 0.05) is 13.2 Å². The van der Waals surface area contributed by atoms with Crippen LogP contribution in [0.15, 0.2) is 12.3 Å². The minimum absolute atomic E-state index is 0.0344. The Bertz CT molecular complexity index is 353. The first kappa shape index (κ1) is 32.4. The number of allylic oxidation sites excluding steroid dienone is 1. The van der Waals surface area contributed by atoms with E-state index < -0.39 is 0 Å². The lowest BCUT2D eigenvalue weighted by molar-refractivity contribution is -0.148. The Kier molecular flexibility index (Phi) is 28.9. The molecule has 0 aliphatic rings. The zero-order valence-electron chi connectivity index (χ0n) is 22.6. The van der Waals surface area contributed by atoms with Crippen LogP contribution in [0.4, 0.5) is 0 Å². The highest BCUT2D eigenvalue weighted by Gasteiger charge is 2.09. The maximum Gasteiger partial charge on any atom is 0.188 e. The van der Waals surface area contributed by atoms with Gasteiger partial charge in [0.15, 0.2) is 13.1 Å². The highest BCUT2D eigenvalue weighted by molar-refractivity contribution is 4.72. The minimum atomic E-state index is -0.0344. The van der Waals surface area contributed by atoms with Crippen LogP contribution in [0.2, 0.25) is 0 Å². The summed E-state index contributed by atoms with van der Waals surface area (Å²) in [4.78, 5) is 0. The van der Waals surface area contributed by atoms with Gasteiger partial charge in [-0.25, -0.2) is 0 Å². The number of ether oxygens (including phenoxy) is 4. The Balaban J connectivity index is 3.90. The lowest BCUT2D eigenvalue weighted by atomic mass is 10.1. The van der Waals surface area contributed by atoms with Crippen molar-refractivity contribution in [1.29, 1.82) is 0 Å². The molecule has 0 rings (SSSR count). The fourth-order valence-electron chi connectivity index (χ4n) is 3.76. The van der Waals surface area contributed by atoms with Gasteiger partial charge in [-0.15, -0.1) is 0 Å². The number of rotatable bonds is 28. The normalized spacial score (nSPS) is 11.8. The monoisotopic (exact) mass is 470 g/mol. The fraction of sp³-hybridized carbons (Fsp3) is 0.931. The van der Waals surface area contributed by atoms with Gasteiger partial charge in [-0.3, -0.25) is 0 Å². The molecule has 0 aliphatic heterocycles. The Labute approximate surface area is 207 Å². The van der Waals surface area contributed by atoms with Crippen LogP contribution in [0.25, 0.3) is 0 Å². The molecule has 0 aromatic rings. The van der Waals surface area contributed by atoms with E-state index in [2.05, 4.69) is 26.8 Å². The minimum Gasteiger partial charge on any atom is -0.475 e. The summed E-state index contributed by atoms with van der Waals surface area (Å²) in [5.74, 6) is 0. The number of hydrogen-bond acceptors (Lipinski definition) is 4. The maximum absolute atomic E-state index is 6.13. The van der Waals surface area contributed by atoms with Crippen LogP contribution in [0.5, 0.6) is 0 Å². The zero-order chi connectivity index (χ0) is 24.1. The summed E-state index contributed by atoms with van der Waals surface area (Å²) in [6.07, 6.45) is 27.5. The number of hydrogen-bond donors (Lipinski definition) is 0. The van der Waals surface area contributed by atoms with Gasteiger partial charge in [-0.1, -0.05) is 97.8 Å². The lowest BCUT2D eigenvalue weighted by Gasteiger charge is -2.19. The molecule has 0 aromatic heterocycles.